The molecule has 1 aliphatic carbocycles. The molecular formula is C12H24N2O. The van der Waals surface area contributed by atoms with Gasteiger partial charge in [-0.3, -0.25) is 4.79 Å². The van der Waals surface area contributed by atoms with Crippen molar-refractivity contribution in [3.8, 4) is 0 Å². The van der Waals surface area contributed by atoms with E-state index in [4.69, 9.17) is 0 Å². The topological polar surface area (TPSA) is 41.1 Å². The molecule has 0 spiro atoms. The van der Waals surface area contributed by atoms with Crippen LogP contribution in [-0.4, -0.2) is 24.5 Å². The van der Waals surface area contributed by atoms with Crippen LogP contribution < -0.4 is 10.6 Å². The first kappa shape index (κ1) is 12.5. The molecule has 0 saturated heterocycles. The number of rotatable bonds is 5. The summed E-state index contributed by atoms with van der Waals surface area (Å²) in [5, 5.41) is 6.32. The maximum atomic E-state index is 11.6. The number of hydrogen-bond donors (Lipinski definition) is 2. The Kier molecular flexibility index (Phi) is 5.09. The second kappa shape index (κ2) is 6.11. The average Bonchev–Trinajstić information content (AvgIpc) is 2.66. The van der Waals surface area contributed by atoms with Crippen LogP contribution in [0.25, 0.3) is 0 Å². The highest BCUT2D eigenvalue weighted by atomic mass is 16.1. The molecule has 1 unspecified atom stereocenters. The highest BCUT2D eigenvalue weighted by Gasteiger charge is 2.17. The molecule has 1 fully saturated rings. The molecule has 3 heteroatoms. The highest BCUT2D eigenvalue weighted by molar-refractivity contribution is 5.78. The smallest absolute Gasteiger partial charge is 0.234 e. The fourth-order valence-corrected chi connectivity index (χ4v) is 1.84. The van der Waals surface area contributed by atoms with Crippen LogP contribution in [0.2, 0.25) is 0 Å². The Balaban J connectivity index is 2.12. The lowest BCUT2D eigenvalue weighted by Crippen LogP contribution is -2.42. The largest absolute Gasteiger partial charge is 0.352 e. The summed E-state index contributed by atoms with van der Waals surface area (Å²) < 4.78 is 0. The highest BCUT2D eigenvalue weighted by Crippen LogP contribution is 2.17. The van der Waals surface area contributed by atoms with E-state index in [0.717, 1.165) is 12.8 Å². The Morgan fingerprint density at radius 3 is 2.40 bits per heavy atom. The summed E-state index contributed by atoms with van der Waals surface area (Å²) in [5.74, 6) is 0.721. The molecule has 15 heavy (non-hydrogen) atoms. The standard InChI is InChI=1S/C12H24N2O/c1-9(2)10(3)13-8-12(15)14-11-6-4-5-7-11/h9-11,13H,4-8H2,1-3H3,(H,14,15). The summed E-state index contributed by atoms with van der Waals surface area (Å²) in [5.41, 5.74) is 0. The van der Waals surface area contributed by atoms with Crippen molar-refractivity contribution >= 4 is 5.91 Å². The summed E-state index contributed by atoms with van der Waals surface area (Å²) in [7, 11) is 0. The number of nitrogens with one attached hydrogen (secondary N) is 2. The minimum atomic E-state index is 0.148. The van der Waals surface area contributed by atoms with Gasteiger partial charge in [0, 0.05) is 12.1 Å². The molecule has 0 heterocycles. The third-order valence-corrected chi connectivity index (χ3v) is 3.30. The van der Waals surface area contributed by atoms with E-state index in [2.05, 4.69) is 31.4 Å². The van der Waals surface area contributed by atoms with E-state index < -0.39 is 0 Å². The van der Waals surface area contributed by atoms with Gasteiger partial charge in [0.1, 0.15) is 0 Å². The first-order valence-corrected chi connectivity index (χ1v) is 6.12. The minimum Gasteiger partial charge on any atom is -0.352 e. The Bertz CT molecular complexity index is 198. The lowest BCUT2D eigenvalue weighted by Gasteiger charge is -2.18. The summed E-state index contributed by atoms with van der Waals surface area (Å²) in [6.45, 7) is 6.89. The third-order valence-electron chi connectivity index (χ3n) is 3.30. The van der Waals surface area contributed by atoms with Crippen LogP contribution in [0.1, 0.15) is 46.5 Å². The van der Waals surface area contributed by atoms with E-state index in [1.807, 2.05) is 0 Å². The van der Waals surface area contributed by atoms with Crippen molar-refractivity contribution in [3.05, 3.63) is 0 Å². The van der Waals surface area contributed by atoms with E-state index in [1.165, 1.54) is 12.8 Å². The molecule has 1 saturated carbocycles. The third kappa shape index (κ3) is 4.65. The zero-order chi connectivity index (χ0) is 11.3. The summed E-state index contributed by atoms with van der Waals surface area (Å²) >= 11 is 0. The molecule has 0 aliphatic heterocycles. The van der Waals surface area contributed by atoms with E-state index in [9.17, 15) is 4.79 Å². The van der Waals surface area contributed by atoms with Gasteiger partial charge in [0.2, 0.25) is 5.91 Å². The molecule has 0 aromatic rings. The van der Waals surface area contributed by atoms with Crippen molar-refractivity contribution in [2.24, 2.45) is 5.92 Å². The number of carbonyl (C=O) groups is 1. The SMILES string of the molecule is CC(C)C(C)NCC(=O)NC1CCCC1. The van der Waals surface area contributed by atoms with Gasteiger partial charge < -0.3 is 10.6 Å². The van der Waals surface area contributed by atoms with Crippen LogP contribution in [0.3, 0.4) is 0 Å². The summed E-state index contributed by atoms with van der Waals surface area (Å²) in [6.07, 6.45) is 4.85. The normalized spacial score (nSPS) is 19.5. The van der Waals surface area contributed by atoms with Gasteiger partial charge in [-0.1, -0.05) is 26.7 Å². The molecule has 1 atom stereocenters. The van der Waals surface area contributed by atoms with Crippen LogP contribution in [0.15, 0.2) is 0 Å². The Morgan fingerprint density at radius 1 is 1.27 bits per heavy atom. The van der Waals surface area contributed by atoms with Gasteiger partial charge in [0.05, 0.1) is 6.54 Å². The zero-order valence-corrected chi connectivity index (χ0v) is 10.2. The molecule has 1 aliphatic rings. The fraction of sp³-hybridized carbons (Fsp3) is 0.917. The second-order valence-electron chi connectivity index (χ2n) is 4.96. The molecule has 1 amide bonds. The number of carbonyl (C=O) groups excluding carboxylic acids is 1. The Morgan fingerprint density at radius 2 is 1.87 bits per heavy atom. The predicted octanol–water partition coefficient (Wildman–Crippen LogP) is 1.68. The van der Waals surface area contributed by atoms with Crippen molar-refractivity contribution in [2.75, 3.05) is 6.54 Å². The molecule has 3 nitrogen and oxygen atoms in total. The first-order chi connectivity index (χ1) is 7.09. The lowest BCUT2D eigenvalue weighted by atomic mass is 10.1. The van der Waals surface area contributed by atoms with Crippen LogP contribution in [-0.2, 0) is 4.79 Å². The van der Waals surface area contributed by atoms with Gasteiger partial charge >= 0.3 is 0 Å². The maximum absolute atomic E-state index is 11.6. The second-order valence-corrected chi connectivity index (χ2v) is 4.96. The average molecular weight is 212 g/mol. The van der Waals surface area contributed by atoms with Gasteiger partial charge in [-0.05, 0) is 25.7 Å². The number of hydrogen-bond acceptors (Lipinski definition) is 2. The van der Waals surface area contributed by atoms with Gasteiger partial charge in [-0.25, -0.2) is 0 Å². The quantitative estimate of drug-likeness (QED) is 0.728. The van der Waals surface area contributed by atoms with Crippen molar-refractivity contribution in [1.29, 1.82) is 0 Å². The van der Waals surface area contributed by atoms with E-state index >= 15 is 0 Å². The Hall–Kier alpha value is -0.570. The summed E-state index contributed by atoms with van der Waals surface area (Å²) in [6, 6.07) is 0.841. The van der Waals surface area contributed by atoms with Crippen molar-refractivity contribution in [3.63, 3.8) is 0 Å². The van der Waals surface area contributed by atoms with Crippen LogP contribution >= 0.6 is 0 Å². The first-order valence-electron chi connectivity index (χ1n) is 6.12. The monoisotopic (exact) mass is 212 g/mol. The van der Waals surface area contributed by atoms with Crippen molar-refractivity contribution in [1.82, 2.24) is 10.6 Å². The van der Waals surface area contributed by atoms with Crippen molar-refractivity contribution < 1.29 is 4.79 Å². The van der Waals surface area contributed by atoms with E-state index in [-0.39, 0.29) is 5.91 Å². The van der Waals surface area contributed by atoms with Crippen LogP contribution in [0.4, 0.5) is 0 Å². The van der Waals surface area contributed by atoms with Gasteiger partial charge in [-0.2, -0.15) is 0 Å². The zero-order valence-electron chi connectivity index (χ0n) is 10.2. The molecule has 0 bridgehead atoms. The van der Waals surface area contributed by atoms with Gasteiger partial charge in [-0.15, -0.1) is 0 Å². The lowest BCUT2D eigenvalue weighted by molar-refractivity contribution is -0.121. The number of amides is 1. The van der Waals surface area contributed by atoms with Gasteiger partial charge in [0.25, 0.3) is 0 Å². The van der Waals surface area contributed by atoms with E-state index in [1.54, 1.807) is 0 Å². The van der Waals surface area contributed by atoms with Crippen molar-refractivity contribution in [2.45, 2.75) is 58.5 Å². The molecule has 1 rings (SSSR count). The molecule has 0 radical (unpaired) electrons. The molecular weight excluding hydrogens is 188 g/mol. The molecule has 2 N–H and O–H groups in total. The van der Waals surface area contributed by atoms with E-state index in [0.29, 0.717) is 24.5 Å². The molecule has 0 aromatic carbocycles. The summed E-state index contributed by atoms with van der Waals surface area (Å²) in [4.78, 5) is 11.6. The molecule has 0 aromatic heterocycles. The fourth-order valence-electron chi connectivity index (χ4n) is 1.84. The predicted molar refractivity (Wildman–Crippen MR) is 62.7 cm³/mol. The Labute approximate surface area is 93.0 Å². The molecule has 88 valence electrons. The van der Waals surface area contributed by atoms with Crippen LogP contribution in [0, 0.1) is 5.92 Å². The minimum absolute atomic E-state index is 0.148. The maximum Gasteiger partial charge on any atom is 0.234 e. The van der Waals surface area contributed by atoms with Crippen LogP contribution in [0.5, 0.6) is 0 Å². The van der Waals surface area contributed by atoms with Gasteiger partial charge in [0.15, 0.2) is 0 Å².